The van der Waals surface area contributed by atoms with Crippen molar-refractivity contribution in [3.8, 4) is 0 Å². The molecule has 8 heteroatoms. The van der Waals surface area contributed by atoms with Crippen LogP contribution in [0, 0.1) is 0 Å². The summed E-state index contributed by atoms with van der Waals surface area (Å²) in [6.07, 6.45) is 14.4. The van der Waals surface area contributed by atoms with E-state index < -0.39 is 26.4 Å². The van der Waals surface area contributed by atoms with E-state index in [9.17, 15) is 14.3 Å². The van der Waals surface area contributed by atoms with Crippen molar-refractivity contribution in [2.24, 2.45) is 5.73 Å². The lowest BCUT2D eigenvalue weighted by Gasteiger charge is -2.13. The van der Waals surface area contributed by atoms with E-state index in [-0.39, 0.29) is 6.61 Å². The maximum atomic E-state index is 11.5. The molecule has 4 N–H and O–H groups in total. The van der Waals surface area contributed by atoms with Crippen LogP contribution < -0.4 is 5.73 Å². The van der Waals surface area contributed by atoms with Crippen molar-refractivity contribution in [2.75, 3.05) is 13.2 Å². The molecule has 0 saturated heterocycles. The zero-order valence-electron chi connectivity index (χ0n) is 15.5. The Balaban J connectivity index is 3.39. The van der Waals surface area contributed by atoms with Crippen molar-refractivity contribution in [2.45, 2.75) is 90.0 Å². The Bertz CT molecular complexity index is 380. The molecule has 0 spiro atoms. The fourth-order valence-electron chi connectivity index (χ4n) is 2.41. The average Bonchev–Trinajstić information content (AvgIpc) is 2.56. The summed E-state index contributed by atoms with van der Waals surface area (Å²) in [5.41, 5.74) is 5.19. The largest absolute Gasteiger partial charge is 0.480 e. The number of hydrogen-bond acceptors (Lipinski definition) is 5. The summed E-state index contributed by atoms with van der Waals surface area (Å²) in [5.74, 6) is -1.29. The summed E-state index contributed by atoms with van der Waals surface area (Å²) >= 11 is 0. The number of aliphatic carboxylic acids is 1. The van der Waals surface area contributed by atoms with Crippen molar-refractivity contribution < 1.29 is 28.4 Å². The molecule has 0 aliphatic carbocycles. The lowest BCUT2D eigenvalue weighted by atomic mass is 10.1. The van der Waals surface area contributed by atoms with Gasteiger partial charge in [0.2, 0.25) is 0 Å². The van der Waals surface area contributed by atoms with E-state index in [1.165, 1.54) is 57.8 Å². The highest BCUT2D eigenvalue weighted by Crippen LogP contribution is 2.43. The van der Waals surface area contributed by atoms with Crippen LogP contribution >= 0.6 is 7.82 Å². The first kappa shape index (κ1) is 24.5. The molecule has 0 saturated carbocycles. The van der Waals surface area contributed by atoms with Gasteiger partial charge >= 0.3 is 13.8 Å². The van der Waals surface area contributed by atoms with Gasteiger partial charge in [-0.1, -0.05) is 77.6 Å². The molecule has 1 unspecified atom stereocenters. The molecule has 0 aromatic heterocycles. The minimum atomic E-state index is -4.21. The Morgan fingerprint density at radius 2 is 1.36 bits per heavy atom. The zero-order valence-corrected chi connectivity index (χ0v) is 16.4. The third-order valence-electron chi connectivity index (χ3n) is 3.99. The van der Waals surface area contributed by atoms with Gasteiger partial charge in [0.1, 0.15) is 6.04 Å². The highest BCUT2D eigenvalue weighted by Gasteiger charge is 2.24. The van der Waals surface area contributed by atoms with Crippen molar-refractivity contribution in [3.63, 3.8) is 0 Å². The van der Waals surface area contributed by atoms with Gasteiger partial charge in [0, 0.05) is 0 Å². The molecule has 0 aromatic rings. The molecule has 0 radical (unpaired) electrons. The van der Waals surface area contributed by atoms with Gasteiger partial charge in [-0.25, -0.2) is 4.57 Å². The van der Waals surface area contributed by atoms with E-state index in [4.69, 9.17) is 15.4 Å². The van der Waals surface area contributed by atoms with Crippen LogP contribution in [0.1, 0.15) is 84.0 Å². The smallest absolute Gasteiger partial charge is 0.472 e. The Labute approximate surface area is 151 Å². The monoisotopic (exact) mass is 381 g/mol. The molecule has 0 heterocycles. The van der Waals surface area contributed by atoms with Gasteiger partial charge in [-0.05, 0) is 6.42 Å². The number of nitrogens with two attached hydrogens (primary N) is 1. The molecular weight excluding hydrogens is 345 g/mol. The molecule has 0 aliphatic rings. The van der Waals surface area contributed by atoms with E-state index in [2.05, 4.69) is 11.4 Å². The first-order valence-electron chi connectivity index (χ1n) is 9.49. The SMILES string of the molecule is CCCCCCCCCCCCCCOP(=O)(O)OC[C@H](N)C(=O)O. The molecular formula is C17H36NO6P. The summed E-state index contributed by atoms with van der Waals surface area (Å²) in [4.78, 5) is 19.9. The number of hydrogen-bond donors (Lipinski definition) is 3. The summed E-state index contributed by atoms with van der Waals surface area (Å²) in [6, 6.07) is -1.34. The average molecular weight is 381 g/mol. The molecule has 0 rings (SSSR count). The summed E-state index contributed by atoms with van der Waals surface area (Å²) < 4.78 is 20.8. The number of phosphoric ester groups is 1. The Kier molecular flexibility index (Phi) is 15.5. The van der Waals surface area contributed by atoms with Crippen LogP contribution in [0.5, 0.6) is 0 Å². The van der Waals surface area contributed by atoms with Crippen LogP contribution in [0.2, 0.25) is 0 Å². The highest BCUT2D eigenvalue weighted by molar-refractivity contribution is 7.47. The number of phosphoric acid groups is 1. The van der Waals surface area contributed by atoms with Crippen LogP contribution in [-0.2, 0) is 18.4 Å². The lowest BCUT2D eigenvalue weighted by Crippen LogP contribution is -2.34. The third kappa shape index (κ3) is 16.7. The first-order valence-corrected chi connectivity index (χ1v) is 11.0. The van der Waals surface area contributed by atoms with Gasteiger partial charge in [0.25, 0.3) is 0 Å². The second kappa shape index (κ2) is 15.8. The van der Waals surface area contributed by atoms with Crippen molar-refractivity contribution in [1.29, 1.82) is 0 Å². The molecule has 0 bridgehead atoms. The van der Waals surface area contributed by atoms with E-state index in [0.29, 0.717) is 6.42 Å². The van der Waals surface area contributed by atoms with E-state index in [1.807, 2.05) is 0 Å². The van der Waals surface area contributed by atoms with Crippen LogP contribution in [0.4, 0.5) is 0 Å². The number of carboxylic acid groups (broad SMARTS) is 1. The Morgan fingerprint density at radius 1 is 0.920 bits per heavy atom. The summed E-state index contributed by atoms with van der Waals surface area (Å²) in [6.45, 7) is 1.79. The van der Waals surface area contributed by atoms with E-state index in [1.54, 1.807) is 0 Å². The highest BCUT2D eigenvalue weighted by atomic mass is 31.2. The van der Waals surface area contributed by atoms with Gasteiger partial charge in [-0.3, -0.25) is 13.8 Å². The maximum Gasteiger partial charge on any atom is 0.472 e. The van der Waals surface area contributed by atoms with Crippen LogP contribution in [0.15, 0.2) is 0 Å². The fraction of sp³-hybridized carbons (Fsp3) is 0.941. The minimum absolute atomic E-state index is 0.119. The predicted molar refractivity (Wildman–Crippen MR) is 98.4 cm³/mol. The third-order valence-corrected chi connectivity index (χ3v) is 4.97. The van der Waals surface area contributed by atoms with Crippen molar-refractivity contribution in [3.05, 3.63) is 0 Å². The number of unbranched alkanes of at least 4 members (excludes halogenated alkanes) is 11. The fourth-order valence-corrected chi connectivity index (χ4v) is 3.19. The van der Waals surface area contributed by atoms with E-state index >= 15 is 0 Å². The maximum absolute atomic E-state index is 11.5. The number of rotatable bonds is 18. The standard InChI is InChI=1S/C17H36NO6P/c1-2-3-4-5-6-7-8-9-10-11-12-13-14-23-25(21,22)24-15-16(18)17(19)20/h16H,2-15,18H2,1H3,(H,19,20)(H,21,22)/t16-/m0/s1. The van der Waals surface area contributed by atoms with E-state index in [0.717, 1.165) is 12.8 Å². The summed E-state index contributed by atoms with van der Waals surface area (Å²) in [7, 11) is -4.21. The topological polar surface area (TPSA) is 119 Å². The Hall–Kier alpha value is -0.460. The molecule has 0 aromatic carbocycles. The molecule has 2 atom stereocenters. The quantitative estimate of drug-likeness (QED) is 0.240. The summed E-state index contributed by atoms with van der Waals surface area (Å²) in [5, 5.41) is 8.56. The molecule has 150 valence electrons. The molecule has 0 amide bonds. The van der Waals surface area contributed by atoms with Gasteiger partial charge in [0.15, 0.2) is 0 Å². The first-order chi connectivity index (χ1) is 11.9. The second-order valence-electron chi connectivity index (χ2n) is 6.43. The zero-order chi connectivity index (χ0) is 19.0. The van der Waals surface area contributed by atoms with Crippen molar-refractivity contribution in [1.82, 2.24) is 0 Å². The van der Waals surface area contributed by atoms with Crippen LogP contribution in [0.25, 0.3) is 0 Å². The van der Waals surface area contributed by atoms with Gasteiger partial charge in [-0.15, -0.1) is 0 Å². The second-order valence-corrected chi connectivity index (χ2v) is 7.88. The van der Waals surface area contributed by atoms with Gasteiger partial charge in [-0.2, -0.15) is 0 Å². The number of carbonyl (C=O) groups is 1. The molecule has 25 heavy (non-hydrogen) atoms. The Morgan fingerprint density at radius 3 is 1.80 bits per heavy atom. The molecule has 0 aliphatic heterocycles. The van der Waals surface area contributed by atoms with Gasteiger partial charge in [0.05, 0.1) is 13.2 Å². The lowest BCUT2D eigenvalue weighted by molar-refractivity contribution is -0.139. The van der Waals surface area contributed by atoms with Crippen LogP contribution in [0.3, 0.4) is 0 Å². The normalized spacial score (nSPS) is 15.0. The van der Waals surface area contributed by atoms with Gasteiger partial charge < -0.3 is 15.7 Å². The minimum Gasteiger partial charge on any atom is -0.480 e. The number of carboxylic acids is 1. The molecule has 0 fully saturated rings. The van der Waals surface area contributed by atoms with Crippen LogP contribution in [-0.4, -0.2) is 35.2 Å². The molecule has 7 nitrogen and oxygen atoms in total. The van der Waals surface area contributed by atoms with Crippen molar-refractivity contribution >= 4 is 13.8 Å². The predicted octanol–water partition coefficient (Wildman–Crippen LogP) is 4.23.